The molecule has 0 aliphatic heterocycles. The predicted molar refractivity (Wildman–Crippen MR) is 112 cm³/mol. The van der Waals surface area contributed by atoms with Crippen molar-refractivity contribution in [2.75, 3.05) is 13.6 Å². The second kappa shape index (κ2) is 8.15. The van der Waals surface area contributed by atoms with Crippen molar-refractivity contribution in [1.82, 2.24) is 9.88 Å². The summed E-state index contributed by atoms with van der Waals surface area (Å²) in [4.78, 5) is 0. The zero-order valence-corrected chi connectivity index (χ0v) is 16.0. The summed E-state index contributed by atoms with van der Waals surface area (Å²) in [6.07, 6.45) is 1.12. The molecule has 1 heterocycles. The number of likely N-dealkylation sites (N-methyl/N-ethyl adjacent to an activating group) is 1. The van der Waals surface area contributed by atoms with Gasteiger partial charge < -0.3 is 15.0 Å². The molecule has 0 bridgehead atoms. The summed E-state index contributed by atoms with van der Waals surface area (Å²) in [5.41, 5.74) is 3.16. The summed E-state index contributed by atoms with van der Waals surface area (Å²) in [7, 11) is 1.76. The first kappa shape index (κ1) is 19.3. The lowest BCUT2D eigenvalue weighted by Gasteiger charge is -2.26. The molecule has 29 heavy (non-hydrogen) atoms. The summed E-state index contributed by atoms with van der Waals surface area (Å²) in [6.45, 7) is 0.336. The predicted octanol–water partition coefficient (Wildman–Crippen LogP) is 4.76. The molecule has 2 N–H and O–H groups in total. The highest BCUT2D eigenvalue weighted by Crippen LogP contribution is 2.35. The highest BCUT2D eigenvalue weighted by molar-refractivity contribution is 5.96. The Hall–Kier alpha value is -3.02. The standard InChI is InChI=1S/C24H22F2N2O/c1-27-14-23(29)24(17-7-5-9-19(26)13-17)28-15-21(16-6-4-8-18(25)12-16)20-10-2-3-11-22(20)28/h2-13,15,23-24,27,29H,14H2,1H3/t23-,24+/m1/s1. The van der Waals surface area contributed by atoms with E-state index < -0.39 is 12.1 Å². The summed E-state index contributed by atoms with van der Waals surface area (Å²) in [5.74, 6) is -0.665. The van der Waals surface area contributed by atoms with Gasteiger partial charge in [-0.2, -0.15) is 0 Å². The number of aromatic nitrogens is 1. The Labute approximate surface area is 168 Å². The minimum atomic E-state index is -0.794. The van der Waals surface area contributed by atoms with Crippen LogP contribution < -0.4 is 5.32 Å². The van der Waals surface area contributed by atoms with Crippen LogP contribution in [0.2, 0.25) is 0 Å². The van der Waals surface area contributed by atoms with E-state index in [4.69, 9.17) is 0 Å². The molecule has 5 heteroatoms. The molecule has 1 aromatic heterocycles. The molecule has 0 amide bonds. The fourth-order valence-corrected chi connectivity index (χ4v) is 3.90. The molecule has 0 spiro atoms. The maximum atomic E-state index is 14.0. The van der Waals surface area contributed by atoms with Crippen molar-refractivity contribution < 1.29 is 13.9 Å². The fourth-order valence-electron chi connectivity index (χ4n) is 3.90. The number of halogens is 2. The Morgan fingerprint density at radius 2 is 1.66 bits per heavy atom. The highest BCUT2D eigenvalue weighted by atomic mass is 19.1. The zero-order valence-electron chi connectivity index (χ0n) is 16.0. The molecule has 0 aliphatic rings. The Balaban J connectivity index is 1.94. The Bertz CT molecular complexity index is 1140. The van der Waals surface area contributed by atoms with Crippen molar-refractivity contribution in [3.8, 4) is 11.1 Å². The quantitative estimate of drug-likeness (QED) is 0.497. The fraction of sp³-hybridized carbons (Fsp3) is 0.167. The van der Waals surface area contributed by atoms with E-state index in [2.05, 4.69) is 5.32 Å². The van der Waals surface area contributed by atoms with Gasteiger partial charge in [-0.05, 0) is 48.5 Å². The van der Waals surface area contributed by atoms with Crippen molar-refractivity contribution in [3.63, 3.8) is 0 Å². The number of hydrogen-bond donors (Lipinski definition) is 2. The van der Waals surface area contributed by atoms with Gasteiger partial charge in [0.25, 0.3) is 0 Å². The molecule has 0 unspecified atom stereocenters. The van der Waals surface area contributed by atoms with Gasteiger partial charge in [0, 0.05) is 29.2 Å². The van der Waals surface area contributed by atoms with E-state index in [-0.39, 0.29) is 11.6 Å². The third kappa shape index (κ3) is 3.79. The maximum absolute atomic E-state index is 14.0. The van der Waals surface area contributed by atoms with Crippen LogP contribution in [0.3, 0.4) is 0 Å². The highest BCUT2D eigenvalue weighted by Gasteiger charge is 2.25. The summed E-state index contributed by atoms with van der Waals surface area (Å²) >= 11 is 0. The van der Waals surface area contributed by atoms with Gasteiger partial charge in [0.1, 0.15) is 11.6 Å². The van der Waals surface area contributed by atoms with Crippen molar-refractivity contribution in [2.45, 2.75) is 12.1 Å². The average Bonchev–Trinajstić information content (AvgIpc) is 3.08. The lowest BCUT2D eigenvalue weighted by atomic mass is 10.0. The molecule has 4 rings (SSSR count). The van der Waals surface area contributed by atoms with Crippen molar-refractivity contribution in [3.05, 3.63) is 96.2 Å². The zero-order chi connectivity index (χ0) is 20.4. The Morgan fingerprint density at radius 3 is 2.38 bits per heavy atom. The molecule has 0 fully saturated rings. The van der Waals surface area contributed by atoms with Crippen LogP contribution in [-0.4, -0.2) is 29.4 Å². The van der Waals surface area contributed by atoms with Gasteiger partial charge in [-0.25, -0.2) is 8.78 Å². The third-order valence-corrected chi connectivity index (χ3v) is 5.14. The molecule has 3 aromatic carbocycles. The number of aliphatic hydroxyl groups is 1. The summed E-state index contributed by atoms with van der Waals surface area (Å²) in [5, 5.41) is 14.9. The van der Waals surface area contributed by atoms with E-state index >= 15 is 0 Å². The van der Waals surface area contributed by atoms with Crippen LogP contribution in [0, 0.1) is 11.6 Å². The lowest BCUT2D eigenvalue weighted by molar-refractivity contribution is 0.132. The second-order valence-electron chi connectivity index (χ2n) is 7.10. The van der Waals surface area contributed by atoms with Crippen LogP contribution in [0.25, 0.3) is 22.0 Å². The number of fused-ring (bicyclic) bond motifs is 1. The van der Waals surface area contributed by atoms with Gasteiger partial charge in [0.05, 0.1) is 12.1 Å². The number of nitrogens with zero attached hydrogens (tertiary/aromatic N) is 1. The first-order valence-corrected chi connectivity index (χ1v) is 9.52. The van der Waals surface area contributed by atoms with Crippen LogP contribution in [-0.2, 0) is 0 Å². The van der Waals surface area contributed by atoms with Gasteiger partial charge in [-0.3, -0.25) is 0 Å². The molecule has 0 radical (unpaired) electrons. The number of nitrogens with one attached hydrogen (secondary N) is 1. The SMILES string of the molecule is CNC[C@@H](O)[C@H](c1cccc(F)c1)n1cc(-c2cccc(F)c2)c2ccccc21. The van der Waals surface area contributed by atoms with Crippen molar-refractivity contribution in [2.24, 2.45) is 0 Å². The Morgan fingerprint density at radius 1 is 0.931 bits per heavy atom. The van der Waals surface area contributed by atoms with E-state index in [0.29, 0.717) is 12.1 Å². The molecule has 0 aliphatic carbocycles. The van der Waals surface area contributed by atoms with Crippen LogP contribution in [0.1, 0.15) is 11.6 Å². The van der Waals surface area contributed by atoms with Crippen molar-refractivity contribution in [1.29, 1.82) is 0 Å². The summed E-state index contributed by atoms with van der Waals surface area (Å²) < 4.78 is 29.8. The van der Waals surface area contributed by atoms with E-state index in [1.54, 1.807) is 19.2 Å². The van der Waals surface area contributed by atoms with Crippen LogP contribution in [0.15, 0.2) is 79.0 Å². The minimum absolute atomic E-state index is 0.309. The molecule has 0 saturated heterocycles. The van der Waals surface area contributed by atoms with Crippen LogP contribution >= 0.6 is 0 Å². The largest absolute Gasteiger partial charge is 0.389 e. The minimum Gasteiger partial charge on any atom is -0.389 e. The van der Waals surface area contributed by atoms with Crippen LogP contribution in [0.5, 0.6) is 0 Å². The van der Waals surface area contributed by atoms with E-state index in [9.17, 15) is 13.9 Å². The molecular formula is C24H22F2N2O. The number of para-hydroxylation sites is 1. The summed E-state index contributed by atoms with van der Waals surface area (Å²) in [6, 6.07) is 20.0. The number of benzene rings is 3. The van der Waals surface area contributed by atoms with E-state index in [0.717, 1.165) is 22.0 Å². The number of aliphatic hydroxyl groups excluding tert-OH is 1. The maximum Gasteiger partial charge on any atom is 0.123 e. The van der Waals surface area contributed by atoms with E-state index in [1.165, 1.54) is 24.3 Å². The van der Waals surface area contributed by atoms with Crippen LogP contribution in [0.4, 0.5) is 8.78 Å². The topological polar surface area (TPSA) is 37.2 Å². The molecule has 3 nitrogen and oxygen atoms in total. The molecule has 2 atom stereocenters. The van der Waals surface area contributed by atoms with Gasteiger partial charge in [-0.15, -0.1) is 0 Å². The van der Waals surface area contributed by atoms with Gasteiger partial charge in [0.15, 0.2) is 0 Å². The molecule has 4 aromatic rings. The monoisotopic (exact) mass is 392 g/mol. The van der Waals surface area contributed by atoms with Gasteiger partial charge >= 0.3 is 0 Å². The molecule has 0 saturated carbocycles. The van der Waals surface area contributed by atoms with Crippen molar-refractivity contribution >= 4 is 10.9 Å². The third-order valence-electron chi connectivity index (χ3n) is 5.14. The first-order chi connectivity index (χ1) is 14.1. The van der Waals surface area contributed by atoms with E-state index in [1.807, 2.05) is 47.2 Å². The second-order valence-corrected chi connectivity index (χ2v) is 7.10. The number of hydrogen-bond acceptors (Lipinski definition) is 2. The molecule has 148 valence electrons. The molecular weight excluding hydrogens is 370 g/mol. The normalized spacial score (nSPS) is 13.5. The van der Waals surface area contributed by atoms with Gasteiger partial charge in [-0.1, -0.05) is 42.5 Å². The first-order valence-electron chi connectivity index (χ1n) is 9.52. The van der Waals surface area contributed by atoms with Gasteiger partial charge in [0.2, 0.25) is 0 Å². The lowest BCUT2D eigenvalue weighted by Crippen LogP contribution is -2.33. The average molecular weight is 392 g/mol. The number of rotatable bonds is 6. The Kier molecular flexibility index (Phi) is 5.43. The smallest absolute Gasteiger partial charge is 0.123 e.